The van der Waals surface area contributed by atoms with Gasteiger partial charge < -0.3 is 19.3 Å². The predicted octanol–water partition coefficient (Wildman–Crippen LogP) is 1.84. The van der Waals surface area contributed by atoms with Crippen LogP contribution in [0.5, 0.6) is 11.5 Å². The van der Waals surface area contributed by atoms with Crippen molar-refractivity contribution in [1.29, 1.82) is 0 Å². The monoisotopic (exact) mass is 309 g/mol. The van der Waals surface area contributed by atoms with E-state index in [1.807, 2.05) is 0 Å². The average molecular weight is 309 g/mol. The highest BCUT2D eigenvalue weighted by molar-refractivity contribution is 5.83. The van der Waals surface area contributed by atoms with Crippen LogP contribution in [-0.4, -0.2) is 49.4 Å². The van der Waals surface area contributed by atoms with Gasteiger partial charge in [0, 0.05) is 6.54 Å². The number of carboxylic acids is 1. The Labute approximate surface area is 128 Å². The Balaban J connectivity index is 2.48. The average Bonchev–Trinajstić information content (AvgIpc) is 2.52. The van der Waals surface area contributed by atoms with E-state index in [-0.39, 0.29) is 13.2 Å². The highest BCUT2D eigenvalue weighted by atomic mass is 16.6. The van der Waals surface area contributed by atoms with E-state index in [2.05, 4.69) is 0 Å². The van der Waals surface area contributed by atoms with E-state index >= 15 is 0 Å². The van der Waals surface area contributed by atoms with Gasteiger partial charge in [0.05, 0.1) is 20.8 Å². The lowest BCUT2D eigenvalue weighted by molar-refractivity contribution is -0.143. The van der Waals surface area contributed by atoms with E-state index in [0.29, 0.717) is 23.5 Å². The summed E-state index contributed by atoms with van der Waals surface area (Å²) in [5, 5.41) is 9.54. The summed E-state index contributed by atoms with van der Waals surface area (Å²) in [4.78, 5) is 24.9. The molecule has 0 aliphatic carbocycles. The van der Waals surface area contributed by atoms with Gasteiger partial charge in [-0.05, 0) is 36.6 Å². The van der Waals surface area contributed by atoms with Crippen LogP contribution in [0.3, 0.4) is 0 Å². The van der Waals surface area contributed by atoms with E-state index in [9.17, 15) is 14.7 Å². The third-order valence-corrected chi connectivity index (χ3v) is 3.61. The molecule has 7 heteroatoms. The van der Waals surface area contributed by atoms with E-state index in [0.717, 1.165) is 5.56 Å². The second-order valence-corrected chi connectivity index (χ2v) is 4.79. The first-order valence-corrected chi connectivity index (χ1v) is 6.94. The third-order valence-electron chi connectivity index (χ3n) is 3.61. The van der Waals surface area contributed by atoms with Crippen LogP contribution < -0.4 is 9.47 Å². The maximum atomic E-state index is 12.0. The number of carboxylic acid groups (broad SMARTS) is 1. The van der Waals surface area contributed by atoms with Gasteiger partial charge in [0.15, 0.2) is 17.5 Å². The van der Waals surface area contributed by atoms with Crippen molar-refractivity contribution in [2.75, 3.05) is 27.4 Å². The van der Waals surface area contributed by atoms with Gasteiger partial charge in [-0.3, -0.25) is 4.90 Å². The highest BCUT2D eigenvalue weighted by Crippen LogP contribution is 2.38. The van der Waals surface area contributed by atoms with Crippen molar-refractivity contribution >= 4 is 12.1 Å². The molecule has 7 nitrogen and oxygen atoms in total. The van der Waals surface area contributed by atoms with E-state index < -0.39 is 18.1 Å². The Bertz CT molecular complexity index is 586. The highest BCUT2D eigenvalue weighted by Gasteiger charge is 2.37. The van der Waals surface area contributed by atoms with Gasteiger partial charge in [-0.25, -0.2) is 9.59 Å². The Kier molecular flexibility index (Phi) is 4.75. The Hall–Kier alpha value is -2.44. The molecule has 0 aromatic heterocycles. The fourth-order valence-corrected chi connectivity index (χ4v) is 2.62. The molecular formula is C15H19NO6. The summed E-state index contributed by atoms with van der Waals surface area (Å²) in [6.07, 6.45) is -0.103. The van der Waals surface area contributed by atoms with Crippen molar-refractivity contribution in [2.45, 2.75) is 19.4 Å². The molecule has 1 amide bonds. The number of carbonyl (C=O) groups excluding carboxylic acids is 1. The first-order chi connectivity index (χ1) is 10.5. The van der Waals surface area contributed by atoms with Crippen molar-refractivity contribution in [3.63, 3.8) is 0 Å². The Morgan fingerprint density at radius 1 is 1.27 bits per heavy atom. The van der Waals surface area contributed by atoms with Crippen LogP contribution in [-0.2, 0) is 16.0 Å². The Morgan fingerprint density at radius 2 is 1.91 bits per heavy atom. The van der Waals surface area contributed by atoms with Crippen molar-refractivity contribution in [2.24, 2.45) is 0 Å². The summed E-state index contributed by atoms with van der Waals surface area (Å²) < 4.78 is 15.4. The number of hydrogen-bond acceptors (Lipinski definition) is 5. The van der Waals surface area contributed by atoms with Crippen LogP contribution in [0.1, 0.15) is 24.1 Å². The molecule has 1 aromatic rings. The van der Waals surface area contributed by atoms with Crippen molar-refractivity contribution in [1.82, 2.24) is 4.90 Å². The molecule has 1 N–H and O–H groups in total. The molecule has 120 valence electrons. The van der Waals surface area contributed by atoms with Crippen molar-refractivity contribution < 1.29 is 28.9 Å². The summed E-state index contributed by atoms with van der Waals surface area (Å²) in [6, 6.07) is 2.27. The number of benzene rings is 1. The molecule has 0 saturated heterocycles. The molecule has 1 heterocycles. The number of carbonyl (C=O) groups is 2. The fourth-order valence-electron chi connectivity index (χ4n) is 2.62. The minimum Gasteiger partial charge on any atom is -0.493 e. The van der Waals surface area contributed by atoms with Gasteiger partial charge in [-0.15, -0.1) is 0 Å². The number of hydrogen-bond donors (Lipinski definition) is 1. The summed E-state index contributed by atoms with van der Waals surface area (Å²) >= 11 is 0. The summed E-state index contributed by atoms with van der Waals surface area (Å²) in [7, 11) is 3.00. The van der Waals surface area contributed by atoms with Gasteiger partial charge in [0.1, 0.15) is 0 Å². The normalized spacial score (nSPS) is 16.7. The maximum Gasteiger partial charge on any atom is 0.410 e. The SMILES string of the molecule is CCOC(=O)N1CCc2cc(OC)c(OC)cc2C1C(=O)O. The molecule has 1 aliphatic rings. The van der Waals surface area contributed by atoms with Gasteiger partial charge in [0.25, 0.3) is 0 Å². The van der Waals surface area contributed by atoms with Crippen LogP contribution >= 0.6 is 0 Å². The molecule has 2 rings (SSSR count). The minimum atomic E-state index is -1.11. The molecule has 22 heavy (non-hydrogen) atoms. The predicted molar refractivity (Wildman–Crippen MR) is 77.4 cm³/mol. The van der Waals surface area contributed by atoms with Gasteiger partial charge in [0.2, 0.25) is 0 Å². The van der Waals surface area contributed by atoms with Crippen molar-refractivity contribution in [3.8, 4) is 11.5 Å². The second kappa shape index (κ2) is 6.55. The smallest absolute Gasteiger partial charge is 0.410 e. The quantitative estimate of drug-likeness (QED) is 0.913. The zero-order valence-corrected chi connectivity index (χ0v) is 12.8. The van der Waals surface area contributed by atoms with Crippen LogP contribution in [0.15, 0.2) is 12.1 Å². The molecule has 1 aliphatic heterocycles. The van der Waals surface area contributed by atoms with Crippen molar-refractivity contribution in [3.05, 3.63) is 23.3 Å². The number of amides is 1. The standard InChI is InChI=1S/C15H19NO6/c1-4-22-15(19)16-6-5-9-7-11(20-2)12(21-3)8-10(9)13(16)14(17)18/h7-8,13H,4-6H2,1-3H3,(H,17,18). The molecule has 0 spiro atoms. The minimum absolute atomic E-state index is 0.195. The molecular weight excluding hydrogens is 290 g/mol. The molecule has 0 fully saturated rings. The summed E-state index contributed by atoms with van der Waals surface area (Å²) in [5.41, 5.74) is 1.34. The maximum absolute atomic E-state index is 12.0. The lowest BCUT2D eigenvalue weighted by Gasteiger charge is -2.34. The zero-order chi connectivity index (χ0) is 16.3. The molecule has 1 aromatic carbocycles. The summed E-state index contributed by atoms with van der Waals surface area (Å²) in [5.74, 6) is -0.144. The lowest BCUT2D eigenvalue weighted by Crippen LogP contribution is -2.43. The third kappa shape index (κ3) is 2.79. The van der Waals surface area contributed by atoms with E-state index in [1.54, 1.807) is 19.1 Å². The van der Waals surface area contributed by atoms with Crippen LogP contribution in [0, 0.1) is 0 Å². The number of aliphatic carboxylic acids is 1. The topological polar surface area (TPSA) is 85.3 Å². The van der Waals surface area contributed by atoms with Crippen LogP contribution in [0.25, 0.3) is 0 Å². The number of methoxy groups -OCH3 is 2. The fraction of sp³-hybridized carbons (Fsp3) is 0.467. The molecule has 1 atom stereocenters. The number of fused-ring (bicyclic) bond motifs is 1. The Morgan fingerprint density at radius 3 is 2.45 bits per heavy atom. The lowest BCUT2D eigenvalue weighted by atomic mass is 9.92. The first-order valence-electron chi connectivity index (χ1n) is 6.94. The molecule has 0 bridgehead atoms. The van der Waals surface area contributed by atoms with E-state index in [4.69, 9.17) is 14.2 Å². The van der Waals surface area contributed by atoms with E-state index in [1.165, 1.54) is 19.1 Å². The number of nitrogens with zero attached hydrogens (tertiary/aromatic N) is 1. The largest absolute Gasteiger partial charge is 0.493 e. The van der Waals surface area contributed by atoms with Crippen LogP contribution in [0.2, 0.25) is 0 Å². The zero-order valence-electron chi connectivity index (χ0n) is 12.8. The van der Waals surface area contributed by atoms with Crippen LogP contribution in [0.4, 0.5) is 4.79 Å². The first kappa shape index (κ1) is 15.9. The number of ether oxygens (including phenoxy) is 3. The molecule has 0 saturated carbocycles. The number of rotatable bonds is 4. The molecule has 0 radical (unpaired) electrons. The van der Waals surface area contributed by atoms with Gasteiger partial charge in [-0.1, -0.05) is 0 Å². The second-order valence-electron chi connectivity index (χ2n) is 4.79. The summed E-state index contributed by atoms with van der Waals surface area (Å²) in [6.45, 7) is 2.15. The van der Waals surface area contributed by atoms with Gasteiger partial charge >= 0.3 is 12.1 Å². The molecule has 1 unspecified atom stereocenters. The van der Waals surface area contributed by atoms with Gasteiger partial charge in [-0.2, -0.15) is 0 Å².